The molecule has 1 aliphatic heterocycles. The topological polar surface area (TPSA) is 52.6 Å². The van der Waals surface area contributed by atoms with Crippen molar-refractivity contribution < 1.29 is 9.90 Å². The maximum Gasteiger partial charge on any atom is 0.237 e. The molecule has 1 atom stereocenters. The number of aromatic hydroxyl groups is 1. The summed E-state index contributed by atoms with van der Waals surface area (Å²) >= 11 is 0. The second-order valence-electron chi connectivity index (χ2n) is 6.00. The van der Waals surface area contributed by atoms with Crippen LogP contribution in [0.2, 0.25) is 0 Å². The van der Waals surface area contributed by atoms with Crippen LogP contribution in [0.4, 0.5) is 0 Å². The third-order valence-corrected chi connectivity index (χ3v) is 4.30. The average molecular weight is 310 g/mol. The van der Waals surface area contributed by atoms with Crippen molar-refractivity contribution in [1.82, 2.24) is 10.2 Å². The Bertz CT molecular complexity index is 640. The van der Waals surface area contributed by atoms with Gasteiger partial charge in [0.1, 0.15) is 5.75 Å². The Kier molecular flexibility index (Phi) is 4.93. The summed E-state index contributed by atoms with van der Waals surface area (Å²) in [4.78, 5) is 14.7. The summed E-state index contributed by atoms with van der Waals surface area (Å²) < 4.78 is 0. The van der Waals surface area contributed by atoms with E-state index in [1.165, 1.54) is 5.56 Å². The molecule has 0 radical (unpaired) electrons. The molecule has 0 aromatic heterocycles. The molecule has 1 fully saturated rings. The Labute approximate surface area is 136 Å². The fraction of sp³-hybridized carbons (Fsp3) is 0.316. The second-order valence-corrected chi connectivity index (χ2v) is 6.00. The lowest BCUT2D eigenvalue weighted by molar-refractivity contribution is -0.125. The van der Waals surface area contributed by atoms with Gasteiger partial charge < -0.3 is 10.4 Å². The zero-order chi connectivity index (χ0) is 16.1. The van der Waals surface area contributed by atoms with Gasteiger partial charge in [0.25, 0.3) is 0 Å². The SMILES string of the molecule is O=C(NCc1ccc(O)cc1)C1CCCN1Cc1ccccc1. The number of hydrogen-bond donors (Lipinski definition) is 2. The van der Waals surface area contributed by atoms with Crippen LogP contribution >= 0.6 is 0 Å². The highest BCUT2D eigenvalue weighted by Gasteiger charge is 2.30. The first-order valence-corrected chi connectivity index (χ1v) is 8.06. The van der Waals surface area contributed by atoms with Crippen LogP contribution in [0.1, 0.15) is 24.0 Å². The van der Waals surface area contributed by atoms with Gasteiger partial charge in [-0.25, -0.2) is 0 Å². The molecule has 4 heteroatoms. The summed E-state index contributed by atoms with van der Waals surface area (Å²) in [5.74, 6) is 0.330. The van der Waals surface area contributed by atoms with Crippen LogP contribution in [-0.4, -0.2) is 28.5 Å². The Morgan fingerprint density at radius 3 is 2.57 bits per heavy atom. The van der Waals surface area contributed by atoms with Gasteiger partial charge in [0.15, 0.2) is 0 Å². The summed E-state index contributed by atoms with van der Waals surface area (Å²) in [6, 6.07) is 17.2. The summed E-state index contributed by atoms with van der Waals surface area (Å²) in [5, 5.41) is 12.3. The number of benzene rings is 2. The largest absolute Gasteiger partial charge is 0.508 e. The van der Waals surface area contributed by atoms with Crippen LogP contribution in [0.5, 0.6) is 5.75 Å². The van der Waals surface area contributed by atoms with Gasteiger partial charge in [-0.15, -0.1) is 0 Å². The number of hydrogen-bond acceptors (Lipinski definition) is 3. The van der Waals surface area contributed by atoms with Crippen LogP contribution in [0.3, 0.4) is 0 Å². The van der Waals surface area contributed by atoms with Gasteiger partial charge in [0.05, 0.1) is 6.04 Å². The van der Waals surface area contributed by atoms with Crippen molar-refractivity contribution in [3.63, 3.8) is 0 Å². The van der Waals surface area contributed by atoms with Crippen molar-refractivity contribution in [2.75, 3.05) is 6.54 Å². The number of phenols is 1. The molecule has 0 spiro atoms. The number of nitrogens with one attached hydrogen (secondary N) is 1. The van der Waals surface area contributed by atoms with Crippen molar-refractivity contribution >= 4 is 5.91 Å². The van der Waals surface area contributed by atoms with Crippen molar-refractivity contribution in [2.45, 2.75) is 32.0 Å². The van der Waals surface area contributed by atoms with Gasteiger partial charge in [-0.05, 0) is 42.6 Å². The van der Waals surface area contributed by atoms with Crippen LogP contribution in [0, 0.1) is 0 Å². The molecule has 0 bridgehead atoms. The number of phenolic OH excluding ortho intramolecular Hbond substituents is 1. The van der Waals surface area contributed by atoms with Crippen LogP contribution in [0.15, 0.2) is 54.6 Å². The first kappa shape index (κ1) is 15.6. The Morgan fingerprint density at radius 1 is 1.09 bits per heavy atom. The molecule has 2 aromatic rings. The van der Waals surface area contributed by atoms with Crippen molar-refractivity contribution in [1.29, 1.82) is 0 Å². The molecule has 23 heavy (non-hydrogen) atoms. The fourth-order valence-electron chi connectivity index (χ4n) is 3.05. The third kappa shape index (κ3) is 4.11. The summed E-state index contributed by atoms with van der Waals surface area (Å²) in [5.41, 5.74) is 2.23. The monoisotopic (exact) mass is 310 g/mol. The molecular weight excluding hydrogens is 288 g/mol. The fourth-order valence-corrected chi connectivity index (χ4v) is 3.05. The van der Waals surface area contributed by atoms with E-state index in [0.717, 1.165) is 31.5 Å². The summed E-state index contributed by atoms with van der Waals surface area (Å²) in [6.45, 7) is 2.28. The maximum absolute atomic E-state index is 12.5. The highest BCUT2D eigenvalue weighted by Crippen LogP contribution is 2.20. The van der Waals surface area contributed by atoms with Crippen molar-refractivity contribution in [3.05, 3.63) is 65.7 Å². The van der Waals surface area contributed by atoms with Gasteiger partial charge in [0.2, 0.25) is 5.91 Å². The number of carbonyl (C=O) groups is 1. The third-order valence-electron chi connectivity index (χ3n) is 4.30. The van der Waals surface area contributed by atoms with Gasteiger partial charge in [-0.3, -0.25) is 9.69 Å². The van der Waals surface area contributed by atoms with Gasteiger partial charge in [-0.1, -0.05) is 42.5 Å². The average Bonchev–Trinajstić information content (AvgIpc) is 3.03. The smallest absolute Gasteiger partial charge is 0.237 e. The van der Waals surface area contributed by atoms with E-state index in [0.29, 0.717) is 6.54 Å². The molecule has 1 aliphatic rings. The zero-order valence-corrected chi connectivity index (χ0v) is 13.1. The summed E-state index contributed by atoms with van der Waals surface area (Å²) in [7, 11) is 0. The highest BCUT2D eigenvalue weighted by molar-refractivity contribution is 5.82. The maximum atomic E-state index is 12.5. The molecule has 2 N–H and O–H groups in total. The van der Waals surface area contributed by atoms with Gasteiger partial charge >= 0.3 is 0 Å². The van der Waals surface area contributed by atoms with Crippen LogP contribution in [0.25, 0.3) is 0 Å². The minimum Gasteiger partial charge on any atom is -0.508 e. The van der Waals surface area contributed by atoms with Gasteiger partial charge in [-0.2, -0.15) is 0 Å². The van der Waals surface area contributed by atoms with E-state index in [4.69, 9.17) is 0 Å². The normalized spacial score (nSPS) is 18.0. The molecule has 2 aromatic carbocycles. The molecule has 3 rings (SSSR count). The molecule has 1 heterocycles. The lowest BCUT2D eigenvalue weighted by Crippen LogP contribution is -2.42. The van der Waals surface area contributed by atoms with Crippen molar-refractivity contribution in [2.24, 2.45) is 0 Å². The predicted molar refractivity (Wildman–Crippen MR) is 89.8 cm³/mol. The minimum absolute atomic E-state index is 0.0488. The van der Waals surface area contributed by atoms with E-state index in [2.05, 4.69) is 22.3 Å². The molecule has 0 saturated carbocycles. The number of likely N-dealkylation sites (tertiary alicyclic amines) is 1. The number of nitrogens with zero attached hydrogens (tertiary/aromatic N) is 1. The zero-order valence-electron chi connectivity index (χ0n) is 13.1. The Hall–Kier alpha value is -2.33. The van der Waals surface area contributed by atoms with Crippen LogP contribution in [-0.2, 0) is 17.9 Å². The molecule has 4 nitrogen and oxygen atoms in total. The second kappa shape index (κ2) is 7.29. The van der Waals surface area contributed by atoms with Crippen LogP contribution < -0.4 is 5.32 Å². The minimum atomic E-state index is -0.0488. The van der Waals surface area contributed by atoms with E-state index in [-0.39, 0.29) is 17.7 Å². The number of carbonyl (C=O) groups excluding carboxylic acids is 1. The van der Waals surface area contributed by atoms with E-state index >= 15 is 0 Å². The molecule has 0 aliphatic carbocycles. The van der Waals surface area contributed by atoms with E-state index in [1.54, 1.807) is 12.1 Å². The van der Waals surface area contributed by atoms with E-state index in [1.807, 2.05) is 30.3 Å². The Morgan fingerprint density at radius 2 is 1.83 bits per heavy atom. The number of rotatable bonds is 5. The number of amides is 1. The molecule has 1 unspecified atom stereocenters. The molecule has 1 amide bonds. The van der Waals surface area contributed by atoms with E-state index < -0.39 is 0 Å². The van der Waals surface area contributed by atoms with E-state index in [9.17, 15) is 9.90 Å². The molecule has 120 valence electrons. The lowest BCUT2D eigenvalue weighted by Gasteiger charge is -2.23. The predicted octanol–water partition coefficient (Wildman–Crippen LogP) is 2.67. The quantitative estimate of drug-likeness (QED) is 0.893. The lowest BCUT2D eigenvalue weighted by atomic mass is 10.1. The highest BCUT2D eigenvalue weighted by atomic mass is 16.3. The first-order valence-electron chi connectivity index (χ1n) is 8.06. The standard InChI is InChI=1S/C19H22N2O2/c22-17-10-8-15(9-11-17)13-20-19(23)18-7-4-12-21(18)14-16-5-2-1-3-6-16/h1-3,5-6,8-11,18,22H,4,7,12-14H2,(H,20,23). The summed E-state index contributed by atoms with van der Waals surface area (Å²) in [6.07, 6.45) is 1.97. The van der Waals surface area contributed by atoms with Gasteiger partial charge in [0, 0.05) is 13.1 Å². The first-order chi connectivity index (χ1) is 11.2. The molecule has 1 saturated heterocycles. The molecular formula is C19H22N2O2. The van der Waals surface area contributed by atoms with Crippen molar-refractivity contribution in [3.8, 4) is 5.75 Å². The Balaban J connectivity index is 1.56.